The van der Waals surface area contributed by atoms with Gasteiger partial charge in [-0.15, -0.1) is 0 Å². The lowest BCUT2D eigenvalue weighted by Crippen LogP contribution is -2.41. The molecule has 0 aromatic heterocycles. The van der Waals surface area contributed by atoms with Gasteiger partial charge in [0.15, 0.2) is 0 Å². The van der Waals surface area contributed by atoms with Gasteiger partial charge in [-0.05, 0) is 49.6 Å². The van der Waals surface area contributed by atoms with Crippen LogP contribution in [-0.4, -0.2) is 25.3 Å². The largest absolute Gasteiger partial charge is 0.384 e. The molecule has 0 radical (unpaired) electrons. The number of rotatable bonds is 6. The van der Waals surface area contributed by atoms with Crippen LogP contribution in [0.15, 0.2) is 42.5 Å². The van der Waals surface area contributed by atoms with Gasteiger partial charge in [-0.3, -0.25) is 0 Å². The summed E-state index contributed by atoms with van der Waals surface area (Å²) in [4.78, 5) is 0. The molecule has 0 aliphatic rings. The molecule has 0 heterocycles. The van der Waals surface area contributed by atoms with Gasteiger partial charge in [0.25, 0.3) is 0 Å². The Kier molecular flexibility index (Phi) is 5.61. The van der Waals surface area contributed by atoms with E-state index in [1.54, 1.807) is 38.1 Å². The fraction of sp³-hybridized carbons (Fsp3) is 0.333. The van der Waals surface area contributed by atoms with Crippen molar-refractivity contribution in [1.29, 1.82) is 0 Å². The number of benzene rings is 2. The fourth-order valence-electron chi connectivity index (χ4n) is 2.25. The van der Waals surface area contributed by atoms with Crippen LogP contribution < -0.4 is 4.72 Å². The molecule has 1 unspecified atom stereocenters. The van der Waals surface area contributed by atoms with Gasteiger partial charge in [0.2, 0.25) is 10.0 Å². The first kappa shape index (κ1) is 19.5. The smallest absolute Gasteiger partial charge is 0.214 e. The third kappa shape index (κ3) is 4.84. The van der Waals surface area contributed by atoms with Crippen LogP contribution in [0.1, 0.15) is 26.3 Å². The van der Waals surface area contributed by atoms with E-state index in [2.05, 4.69) is 4.72 Å². The zero-order valence-electron chi connectivity index (χ0n) is 14.3. The second kappa shape index (κ2) is 7.19. The predicted octanol–water partition coefficient (Wildman–Crippen LogP) is 3.17. The van der Waals surface area contributed by atoms with E-state index in [-0.39, 0.29) is 6.54 Å². The molecule has 136 valence electrons. The Morgan fingerprint density at radius 3 is 2.04 bits per heavy atom. The summed E-state index contributed by atoms with van der Waals surface area (Å²) in [5.41, 5.74) is 0.0257. The number of aliphatic hydroxyl groups is 1. The van der Waals surface area contributed by atoms with Crippen LogP contribution in [0, 0.1) is 11.6 Å². The minimum Gasteiger partial charge on any atom is -0.384 e. The van der Waals surface area contributed by atoms with Crippen molar-refractivity contribution in [3.05, 3.63) is 59.7 Å². The Morgan fingerprint density at radius 1 is 1.04 bits per heavy atom. The number of halogens is 2. The third-order valence-corrected chi connectivity index (χ3v) is 5.73. The third-order valence-electron chi connectivity index (χ3n) is 3.94. The lowest BCUT2D eigenvalue weighted by atomic mass is 9.94. The molecule has 0 bridgehead atoms. The van der Waals surface area contributed by atoms with Gasteiger partial charge in [-0.1, -0.05) is 24.3 Å². The number of nitrogens with one attached hydrogen (secondary N) is 1. The van der Waals surface area contributed by atoms with Crippen LogP contribution in [0.4, 0.5) is 8.78 Å². The Bertz CT molecular complexity index is 827. The van der Waals surface area contributed by atoms with Crippen LogP contribution in [0.3, 0.4) is 0 Å². The summed E-state index contributed by atoms with van der Waals surface area (Å²) in [5, 5.41) is 9.93. The predicted molar refractivity (Wildman–Crippen MR) is 93.4 cm³/mol. The van der Waals surface area contributed by atoms with E-state index in [4.69, 9.17) is 0 Å². The molecule has 0 aliphatic heterocycles. The van der Waals surface area contributed by atoms with Gasteiger partial charge in [-0.2, -0.15) is 0 Å². The lowest BCUT2D eigenvalue weighted by Gasteiger charge is -2.25. The van der Waals surface area contributed by atoms with E-state index in [1.165, 1.54) is 19.1 Å². The SMILES string of the molecule is CC(C)S(=O)(=O)NCC(C)(O)c1ccc(-c2cc(F)cc(F)c2)cc1. The number of sulfonamides is 1. The molecular weight excluding hydrogens is 348 g/mol. The molecule has 2 aromatic carbocycles. The summed E-state index contributed by atoms with van der Waals surface area (Å²) in [6.07, 6.45) is 0. The summed E-state index contributed by atoms with van der Waals surface area (Å²) in [6.45, 7) is 4.40. The van der Waals surface area contributed by atoms with Crippen molar-refractivity contribution in [1.82, 2.24) is 4.72 Å². The average Bonchev–Trinajstić information content (AvgIpc) is 2.52. The molecule has 0 saturated heterocycles. The molecule has 1 atom stereocenters. The molecule has 0 amide bonds. The summed E-state index contributed by atoms with van der Waals surface area (Å²) < 4.78 is 52.6. The monoisotopic (exact) mass is 369 g/mol. The molecule has 4 nitrogen and oxygen atoms in total. The van der Waals surface area contributed by atoms with Gasteiger partial charge in [-0.25, -0.2) is 21.9 Å². The van der Waals surface area contributed by atoms with E-state index in [0.29, 0.717) is 16.7 Å². The second-order valence-corrected chi connectivity index (χ2v) is 8.75. The standard InChI is InChI=1S/C18H21F2NO3S/c1-12(2)25(23,24)21-11-18(3,22)15-6-4-13(5-7-15)14-8-16(19)10-17(20)9-14/h4-10,12,21-22H,11H2,1-3H3. The number of hydrogen-bond acceptors (Lipinski definition) is 3. The van der Waals surface area contributed by atoms with Crippen LogP contribution in [0.25, 0.3) is 11.1 Å². The Labute approximate surface area is 146 Å². The van der Waals surface area contributed by atoms with Crippen molar-refractivity contribution in [3.8, 4) is 11.1 Å². The first-order chi connectivity index (χ1) is 11.5. The van der Waals surface area contributed by atoms with Crippen molar-refractivity contribution in [3.63, 3.8) is 0 Å². The molecule has 2 rings (SSSR count). The molecular formula is C18H21F2NO3S. The maximum Gasteiger partial charge on any atom is 0.214 e. The van der Waals surface area contributed by atoms with E-state index in [9.17, 15) is 22.3 Å². The first-order valence-corrected chi connectivity index (χ1v) is 9.34. The van der Waals surface area contributed by atoms with Crippen molar-refractivity contribution < 1.29 is 22.3 Å². The quantitative estimate of drug-likeness (QED) is 0.822. The van der Waals surface area contributed by atoms with E-state index in [1.807, 2.05) is 0 Å². The highest BCUT2D eigenvalue weighted by Crippen LogP contribution is 2.26. The highest BCUT2D eigenvalue weighted by Gasteiger charge is 2.26. The Balaban J connectivity index is 2.20. The molecule has 2 N–H and O–H groups in total. The molecule has 0 saturated carbocycles. The fourth-order valence-corrected chi connectivity index (χ4v) is 3.07. The summed E-state index contributed by atoms with van der Waals surface area (Å²) in [7, 11) is -3.49. The topological polar surface area (TPSA) is 66.4 Å². The first-order valence-electron chi connectivity index (χ1n) is 7.79. The molecule has 0 spiro atoms. The average molecular weight is 369 g/mol. The minimum absolute atomic E-state index is 0.179. The van der Waals surface area contributed by atoms with Gasteiger partial charge in [0.1, 0.15) is 17.2 Å². The molecule has 7 heteroatoms. The summed E-state index contributed by atoms with van der Waals surface area (Å²) >= 11 is 0. The van der Waals surface area contributed by atoms with E-state index in [0.717, 1.165) is 6.07 Å². The van der Waals surface area contributed by atoms with Crippen molar-refractivity contribution in [2.75, 3.05) is 6.54 Å². The zero-order valence-corrected chi connectivity index (χ0v) is 15.1. The second-order valence-electron chi connectivity index (χ2n) is 6.42. The van der Waals surface area contributed by atoms with Crippen molar-refractivity contribution in [2.45, 2.75) is 31.6 Å². The van der Waals surface area contributed by atoms with Gasteiger partial charge in [0.05, 0.1) is 5.25 Å². The Hall–Kier alpha value is -1.83. The van der Waals surface area contributed by atoms with E-state index < -0.39 is 32.5 Å². The van der Waals surface area contributed by atoms with E-state index >= 15 is 0 Å². The highest BCUT2D eigenvalue weighted by molar-refractivity contribution is 7.90. The van der Waals surface area contributed by atoms with Gasteiger partial charge < -0.3 is 5.11 Å². The number of hydrogen-bond donors (Lipinski definition) is 2. The van der Waals surface area contributed by atoms with Crippen LogP contribution >= 0.6 is 0 Å². The Morgan fingerprint density at radius 2 is 1.56 bits per heavy atom. The molecule has 0 fully saturated rings. The normalized spacial score (nSPS) is 14.5. The summed E-state index contributed by atoms with van der Waals surface area (Å²) in [6, 6.07) is 9.66. The maximum absolute atomic E-state index is 13.3. The van der Waals surface area contributed by atoms with Crippen LogP contribution in [0.2, 0.25) is 0 Å². The molecule has 2 aromatic rings. The minimum atomic E-state index is -3.49. The maximum atomic E-state index is 13.3. The lowest BCUT2D eigenvalue weighted by molar-refractivity contribution is 0.0627. The highest BCUT2D eigenvalue weighted by atomic mass is 32.2. The van der Waals surface area contributed by atoms with Crippen LogP contribution in [-0.2, 0) is 15.6 Å². The zero-order chi connectivity index (χ0) is 18.8. The van der Waals surface area contributed by atoms with Crippen LogP contribution in [0.5, 0.6) is 0 Å². The molecule has 25 heavy (non-hydrogen) atoms. The van der Waals surface area contributed by atoms with Gasteiger partial charge in [0, 0.05) is 12.6 Å². The van der Waals surface area contributed by atoms with Gasteiger partial charge >= 0.3 is 0 Å². The van der Waals surface area contributed by atoms with Crippen molar-refractivity contribution in [2.24, 2.45) is 0 Å². The molecule has 0 aliphatic carbocycles. The van der Waals surface area contributed by atoms with Crippen molar-refractivity contribution >= 4 is 10.0 Å². The summed E-state index contributed by atoms with van der Waals surface area (Å²) in [5.74, 6) is -1.34.